The van der Waals surface area contributed by atoms with E-state index in [-0.39, 0.29) is 157 Å². The number of phenolic OH excluding ortho intramolecular Hbond substituents is 1. The lowest BCUT2D eigenvalue weighted by molar-refractivity contribution is 0.308. The molecule has 0 saturated heterocycles. The minimum absolute atomic E-state index is 0.00234. The van der Waals surface area contributed by atoms with Crippen LogP contribution in [-0.4, -0.2) is 151 Å². The number of fused-ring (bicyclic) bond motifs is 5. The number of hydrogen-bond donors (Lipinski definition) is 7. The van der Waals surface area contributed by atoms with Crippen LogP contribution in [0.25, 0.3) is 49.0 Å². The molecule has 102 heavy (non-hydrogen) atoms. The summed E-state index contributed by atoms with van der Waals surface area (Å²) in [6, 6.07) is 25.8. The second-order valence-electron chi connectivity index (χ2n) is 21.7. The molecule has 0 unspecified atom stereocenters. The molecule has 0 aliphatic rings. The maximum absolute atomic E-state index is 13.0. The summed E-state index contributed by atoms with van der Waals surface area (Å²) < 4.78 is 238. The molecule has 0 bridgehead atoms. The zero-order valence-electron chi connectivity index (χ0n) is 53.1. The minimum Gasteiger partial charge on any atom is -0.505 e. The number of aromatic nitrogens is 3. The van der Waals surface area contributed by atoms with Crippen molar-refractivity contribution >= 4 is 150 Å². The molecule has 0 spiro atoms. The number of nitrogens with zero attached hydrogens (tertiary/aromatic N) is 11. The summed E-state index contributed by atoms with van der Waals surface area (Å²) in [7, 11) is -23.3. The van der Waals surface area contributed by atoms with Crippen LogP contribution in [-0.2, 0) is 60.7 Å². The van der Waals surface area contributed by atoms with Crippen molar-refractivity contribution in [3.63, 3.8) is 0 Å². The monoisotopic (exact) mass is 1520 g/mol. The molecule has 1 aromatic heterocycles. The Morgan fingerprint density at radius 1 is 0.392 bits per heavy atom. The van der Waals surface area contributed by atoms with Crippen LogP contribution in [0.2, 0.25) is 0 Å². The summed E-state index contributed by atoms with van der Waals surface area (Å²) in [6.07, 6.45) is 0.467. The predicted octanol–water partition coefficient (Wildman–Crippen LogP) is 12.4. The van der Waals surface area contributed by atoms with E-state index in [1.54, 1.807) is 0 Å². The Balaban J connectivity index is 0.902. The molecule has 10 rings (SSSR count). The standard InChI is InChI=1S/C60H55N11O25S6/c1-91-50-30-47(51(92-2)29-46(50)64-63-44-15-11-36(25-54(44)96-18-6-8-20-98(76,77)78)62-61-35-10-9-33-22-38(95-17-5-7-19-97(73,74)75)26-55(42(33)24-35)100(82,83)84)65-66-48-31-53(94-4)49(32-52(48)93-3)67-68-59-57(102(88,89)90)23-34-21-37(12-13-40(34)60(59)72)71-69-45-16-14-41-43(58(45)70-71)27-39(99(79,80)81)28-56(41)101(85,86)87/h9-16,21-32,72H,5-8,17-20H2,1-4H3,(H,73,74,75)(H,76,77,78)(H,79,80,81)(H,82,83,84)(H,85,86,87)(H,88,89,90). The number of benzene rings is 9. The Hall–Kier alpha value is -10.4. The van der Waals surface area contributed by atoms with Crippen molar-refractivity contribution in [3.8, 4) is 45.9 Å². The zero-order valence-corrected chi connectivity index (χ0v) is 58.0. The van der Waals surface area contributed by atoms with Gasteiger partial charge in [0.1, 0.15) is 94.3 Å². The Labute approximate surface area is 579 Å². The molecule has 1 heterocycles. The van der Waals surface area contributed by atoms with Gasteiger partial charge in [-0.15, -0.1) is 40.9 Å². The van der Waals surface area contributed by atoms with Crippen LogP contribution in [0.15, 0.2) is 182 Å². The number of aromatic hydroxyl groups is 1. The molecule has 36 nitrogen and oxygen atoms in total. The van der Waals surface area contributed by atoms with E-state index >= 15 is 0 Å². The maximum Gasteiger partial charge on any atom is 0.296 e. The molecule has 0 atom stereocenters. The fourth-order valence-electron chi connectivity index (χ4n) is 10.0. The number of unbranched alkanes of at least 4 members (excludes halogenated alkanes) is 2. The number of hydrogen-bond acceptors (Lipinski definition) is 29. The maximum atomic E-state index is 13.0. The molecule has 7 N–H and O–H groups in total. The highest BCUT2D eigenvalue weighted by molar-refractivity contribution is 7.87. The summed E-state index contributed by atoms with van der Waals surface area (Å²) in [6.45, 7) is -0.105. The van der Waals surface area contributed by atoms with Gasteiger partial charge in [-0.3, -0.25) is 27.3 Å². The first-order valence-electron chi connectivity index (χ1n) is 29.1. The van der Waals surface area contributed by atoms with Crippen LogP contribution in [0.3, 0.4) is 0 Å². The zero-order chi connectivity index (χ0) is 73.9. The topological polar surface area (TPSA) is 531 Å². The Kier molecular flexibility index (Phi) is 21.6. The van der Waals surface area contributed by atoms with Crippen molar-refractivity contribution in [2.24, 2.45) is 40.9 Å². The number of rotatable bonds is 29. The van der Waals surface area contributed by atoms with Gasteiger partial charge in [-0.05, 0) is 109 Å². The van der Waals surface area contributed by atoms with Crippen molar-refractivity contribution in [2.45, 2.75) is 45.3 Å². The van der Waals surface area contributed by atoms with Crippen LogP contribution < -0.4 is 28.4 Å². The van der Waals surface area contributed by atoms with E-state index in [9.17, 15) is 78.4 Å². The summed E-state index contributed by atoms with van der Waals surface area (Å²) >= 11 is 0. The van der Waals surface area contributed by atoms with Crippen molar-refractivity contribution in [2.75, 3.05) is 53.2 Å². The Morgan fingerprint density at radius 3 is 1.42 bits per heavy atom. The predicted molar refractivity (Wildman–Crippen MR) is 363 cm³/mol. The third-order valence-corrected chi connectivity index (χ3v) is 19.9. The van der Waals surface area contributed by atoms with E-state index < -0.39 is 103 Å². The van der Waals surface area contributed by atoms with E-state index in [0.717, 1.165) is 23.0 Å². The number of phenols is 1. The average molecular weight is 1520 g/mol. The molecule has 9 aromatic carbocycles. The fraction of sp³-hybridized carbons (Fsp3) is 0.200. The van der Waals surface area contributed by atoms with Gasteiger partial charge in [0, 0.05) is 57.9 Å². The minimum atomic E-state index is -5.20. The van der Waals surface area contributed by atoms with Gasteiger partial charge in [-0.25, -0.2) is 0 Å². The van der Waals surface area contributed by atoms with Crippen LogP contribution in [0.1, 0.15) is 25.7 Å². The SMILES string of the molecule is COc1cc(N=Nc2ccc(N=Nc3ccc4cc(OCCCCS(=O)(=O)O)cc(S(=O)(=O)O)c4c3)cc2OCCCCS(=O)(=O)O)c(OC)cc1N=Nc1cc(OC)c(N=Nc2c(S(=O)(=O)O)cc3cc(-n4nc5ccc6c(S(=O)(=O)O)cc(S(=O)(=O)O)cc6c5n4)ccc3c2O)cc1OC. The summed E-state index contributed by atoms with van der Waals surface area (Å²) in [5.74, 6) is -1.52. The second kappa shape index (κ2) is 29.7. The summed E-state index contributed by atoms with van der Waals surface area (Å²) in [5, 5.41) is 54.5. The van der Waals surface area contributed by atoms with Gasteiger partial charge < -0.3 is 33.5 Å². The first-order valence-corrected chi connectivity index (χ1v) is 38.1. The van der Waals surface area contributed by atoms with Crippen LogP contribution in [0.4, 0.5) is 45.5 Å². The lowest BCUT2D eigenvalue weighted by Crippen LogP contribution is -2.06. The number of methoxy groups -OCH3 is 4. The average Bonchev–Trinajstić information content (AvgIpc) is 1.43. The highest BCUT2D eigenvalue weighted by Crippen LogP contribution is 2.47. The van der Waals surface area contributed by atoms with Gasteiger partial charge in [-0.2, -0.15) is 65.5 Å². The number of ether oxygens (including phenoxy) is 6. The molecule has 0 saturated carbocycles. The van der Waals surface area contributed by atoms with Gasteiger partial charge >= 0.3 is 0 Å². The van der Waals surface area contributed by atoms with Gasteiger partial charge in [0.15, 0.2) is 5.75 Å². The third-order valence-electron chi connectivity index (χ3n) is 14.8. The second-order valence-corrected chi connectivity index (χ2v) is 30.4. The van der Waals surface area contributed by atoms with Crippen LogP contribution in [0.5, 0.6) is 40.2 Å². The molecule has 0 aliphatic carbocycles. The highest BCUT2D eigenvalue weighted by atomic mass is 32.2. The largest absolute Gasteiger partial charge is 0.505 e. The molecule has 42 heteroatoms. The molecule has 10 aromatic rings. The third kappa shape index (κ3) is 17.7. The fourth-order valence-corrected chi connectivity index (χ4v) is 13.9. The summed E-state index contributed by atoms with van der Waals surface area (Å²) in [4.78, 5) is -2.14. The van der Waals surface area contributed by atoms with E-state index in [4.69, 9.17) is 33.0 Å². The van der Waals surface area contributed by atoms with Crippen molar-refractivity contribution in [1.82, 2.24) is 15.0 Å². The summed E-state index contributed by atoms with van der Waals surface area (Å²) in [5.41, 5.74) is -0.0992. The molecule has 0 aliphatic heterocycles. The molecule has 0 radical (unpaired) electrons. The van der Waals surface area contributed by atoms with Gasteiger partial charge in [0.05, 0.1) is 75.1 Å². The van der Waals surface area contributed by atoms with E-state index in [1.807, 2.05) is 0 Å². The first-order chi connectivity index (χ1) is 48.0. The van der Waals surface area contributed by atoms with Crippen LogP contribution >= 0.6 is 0 Å². The van der Waals surface area contributed by atoms with Crippen LogP contribution in [0, 0.1) is 0 Å². The quantitative estimate of drug-likeness (QED) is 0.0130. The highest BCUT2D eigenvalue weighted by Gasteiger charge is 2.27. The van der Waals surface area contributed by atoms with Crippen molar-refractivity contribution < 1.29 is 111 Å². The molecular formula is C60H55N11O25S6. The van der Waals surface area contributed by atoms with E-state index in [2.05, 4.69) is 51.1 Å². The Bertz CT molecular complexity index is 5880. The van der Waals surface area contributed by atoms with Gasteiger partial charge in [0.2, 0.25) is 0 Å². The molecular weight excluding hydrogens is 1470 g/mol. The normalized spacial score (nSPS) is 12.9. The Morgan fingerprint density at radius 2 is 0.892 bits per heavy atom. The first kappa shape index (κ1) is 74.3. The lowest BCUT2D eigenvalue weighted by Gasteiger charge is -2.12. The molecule has 0 amide bonds. The number of azo groups is 4. The molecule has 536 valence electrons. The lowest BCUT2D eigenvalue weighted by atomic mass is 10.1. The van der Waals surface area contributed by atoms with E-state index in [1.165, 1.54) is 126 Å². The van der Waals surface area contributed by atoms with E-state index in [0.29, 0.717) is 11.5 Å². The van der Waals surface area contributed by atoms with Gasteiger partial charge in [-0.1, -0.05) is 12.1 Å². The van der Waals surface area contributed by atoms with Gasteiger partial charge in [0.25, 0.3) is 60.7 Å². The smallest absolute Gasteiger partial charge is 0.296 e. The van der Waals surface area contributed by atoms with Crippen molar-refractivity contribution in [1.29, 1.82) is 0 Å². The van der Waals surface area contributed by atoms with Crippen molar-refractivity contribution in [3.05, 3.63) is 121 Å². The molecule has 0 fully saturated rings.